The van der Waals surface area contributed by atoms with Gasteiger partial charge in [-0.3, -0.25) is 9.69 Å². The van der Waals surface area contributed by atoms with Gasteiger partial charge in [-0.2, -0.15) is 0 Å². The number of rotatable bonds is 7. The first-order valence-electron chi connectivity index (χ1n) is 10.7. The van der Waals surface area contributed by atoms with Gasteiger partial charge in [0.2, 0.25) is 0 Å². The van der Waals surface area contributed by atoms with Gasteiger partial charge in [-0.1, -0.05) is 18.2 Å². The second kappa shape index (κ2) is 9.40. The minimum atomic E-state index is -1.13. The Labute approximate surface area is 186 Å². The number of ether oxygens (including phenoxy) is 2. The average Bonchev–Trinajstić information content (AvgIpc) is 2.83. The Morgan fingerprint density at radius 3 is 2.44 bits per heavy atom. The first kappa shape index (κ1) is 21.8. The number of benzene rings is 2. The minimum Gasteiger partial charge on any atom is -0.497 e. The number of carbonyl (C=O) groups excluding carboxylic acids is 2. The van der Waals surface area contributed by atoms with E-state index < -0.39 is 23.9 Å². The molecular weight excluding hydrogens is 412 g/mol. The van der Waals surface area contributed by atoms with Crippen LogP contribution in [-0.2, 0) is 9.53 Å². The molecule has 3 aliphatic rings. The number of hydrogen-bond donors (Lipinski definition) is 2. The molecular formula is C24H26N2O6. The molecule has 3 saturated heterocycles. The number of hydrogen-bond acceptors (Lipinski definition) is 6. The van der Waals surface area contributed by atoms with Gasteiger partial charge >= 0.3 is 11.9 Å². The molecule has 0 aromatic heterocycles. The van der Waals surface area contributed by atoms with Gasteiger partial charge in [-0.15, -0.1) is 0 Å². The zero-order valence-corrected chi connectivity index (χ0v) is 17.8. The summed E-state index contributed by atoms with van der Waals surface area (Å²) in [6.07, 6.45) is 1.79. The fourth-order valence-corrected chi connectivity index (χ4v) is 4.37. The van der Waals surface area contributed by atoms with Crippen molar-refractivity contribution in [3.63, 3.8) is 0 Å². The van der Waals surface area contributed by atoms with Gasteiger partial charge in [-0.25, -0.2) is 9.59 Å². The SMILES string of the molecule is COc1cccc(C(NC(=O)c2cccc(C(=O)O)c2)C(=O)O[C@H]2CN3CCC2CC3)c1. The molecule has 0 radical (unpaired) electrons. The largest absolute Gasteiger partial charge is 0.497 e. The van der Waals surface area contributed by atoms with Crippen molar-refractivity contribution in [3.8, 4) is 5.75 Å². The molecule has 2 bridgehead atoms. The zero-order chi connectivity index (χ0) is 22.7. The van der Waals surface area contributed by atoms with Crippen molar-refractivity contribution >= 4 is 17.8 Å². The summed E-state index contributed by atoms with van der Waals surface area (Å²) in [5.41, 5.74) is 0.664. The highest BCUT2D eigenvalue weighted by atomic mass is 16.5. The van der Waals surface area contributed by atoms with Crippen molar-refractivity contribution in [2.75, 3.05) is 26.7 Å². The third-order valence-corrected chi connectivity index (χ3v) is 6.17. The Kier molecular flexibility index (Phi) is 6.41. The quantitative estimate of drug-likeness (QED) is 0.640. The van der Waals surface area contributed by atoms with Crippen LogP contribution in [0.5, 0.6) is 5.75 Å². The molecule has 2 aromatic carbocycles. The molecule has 1 unspecified atom stereocenters. The molecule has 2 N–H and O–H groups in total. The monoisotopic (exact) mass is 438 g/mol. The fraction of sp³-hybridized carbons (Fsp3) is 0.375. The maximum atomic E-state index is 13.2. The maximum Gasteiger partial charge on any atom is 0.335 e. The zero-order valence-electron chi connectivity index (χ0n) is 17.8. The van der Waals surface area contributed by atoms with Crippen LogP contribution in [-0.4, -0.2) is 60.7 Å². The molecule has 1 amide bonds. The first-order chi connectivity index (χ1) is 15.4. The van der Waals surface area contributed by atoms with E-state index in [2.05, 4.69) is 10.2 Å². The predicted molar refractivity (Wildman–Crippen MR) is 116 cm³/mol. The van der Waals surface area contributed by atoms with E-state index in [-0.39, 0.29) is 17.2 Å². The lowest BCUT2D eigenvalue weighted by atomic mass is 9.86. The van der Waals surface area contributed by atoms with Crippen LogP contribution < -0.4 is 10.1 Å². The number of methoxy groups -OCH3 is 1. The molecule has 2 aromatic rings. The second-order valence-corrected chi connectivity index (χ2v) is 8.18. The molecule has 32 heavy (non-hydrogen) atoms. The predicted octanol–water partition coefficient (Wildman–Crippen LogP) is 2.50. The van der Waals surface area contributed by atoms with Crippen LogP contribution >= 0.6 is 0 Å². The van der Waals surface area contributed by atoms with Gasteiger partial charge in [-0.05, 0) is 67.7 Å². The van der Waals surface area contributed by atoms with Gasteiger partial charge < -0.3 is 19.9 Å². The topological polar surface area (TPSA) is 105 Å². The van der Waals surface area contributed by atoms with Gasteiger partial charge in [0.05, 0.1) is 12.7 Å². The van der Waals surface area contributed by atoms with E-state index >= 15 is 0 Å². The molecule has 0 saturated carbocycles. The molecule has 168 valence electrons. The van der Waals surface area contributed by atoms with E-state index in [1.54, 1.807) is 24.3 Å². The summed E-state index contributed by atoms with van der Waals surface area (Å²) in [6.45, 7) is 2.75. The molecule has 3 aliphatic heterocycles. The molecule has 3 fully saturated rings. The Morgan fingerprint density at radius 2 is 1.78 bits per heavy atom. The molecule has 0 spiro atoms. The van der Waals surface area contributed by atoms with Gasteiger partial charge in [0.25, 0.3) is 5.91 Å². The fourth-order valence-electron chi connectivity index (χ4n) is 4.37. The summed E-state index contributed by atoms with van der Waals surface area (Å²) in [4.78, 5) is 39.7. The average molecular weight is 438 g/mol. The number of carboxylic acid groups (broad SMARTS) is 1. The van der Waals surface area contributed by atoms with E-state index in [4.69, 9.17) is 9.47 Å². The number of aromatic carboxylic acids is 1. The standard InChI is InChI=1S/C24H26N2O6/c1-31-19-7-3-4-16(13-19)21(24(30)32-20-14-26-10-8-15(20)9-11-26)25-22(27)17-5-2-6-18(12-17)23(28)29/h2-7,12-13,15,20-21H,8-11,14H2,1H3,(H,25,27)(H,28,29)/t20-,21?/m0/s1. The van der Waals surface area contributed by atoms with Crippen LogP contribution in [0.4, 0.5) is 0 Å². The smallest absolute Gasteiger partial charge is 0.335 e. The van der Waals surface area contributed by atoms with Crippen LogP contribution in [0.25, 0.3) is 0 Å². The number of esters is 1. The Hall–Kier alpha value is -3.39. The minimum absolute atomic E-state index is 0.00885. The van der Waals surface area contributed by atoms with Crippen molar-refractivity contribution in [1.82, 2.24) is 10.2 Å². The van der Waals surface area contributed by atoms with E-state index in [1.165, 1.54) is 31.4 Å². The Balaban J connectivity index is 1.57. The van der Waals surface area contributed by atoms with E-state index in [0.717, 1.165) is 25.9 Å². The lowest BCUT2D eigenvalue weighted by Crippen LogP contribution is -2.52. The second-order valence-electron chi connectivity index (χ2n) is 8.18. The summed E-state index contributed by atoms with van der Waals surface area (Å²) in [7, 11) is 1.52. The summed E-state index contributed by atoms with van der Waals surface area (Å²) in [6, 6.07) is 11.5. The van der Waals surface area contributed by atoms with Crippen molar-refractivity contribution in [1.29, 1.82) is 0 Å². The van der Waals surface area contributed by atoms with E-state index in [9.17, 15) is 19.5 Å². The number of nitrogens with one attached hydrogen (secondary N) is 1. The number of nitrogens with zero attached hydrogens (tertiary/aromatic N) is 1. The van der Waals surface area contributed by atoms with E-state index in [0.29, 0.717) is 23.8 Å². The van der Waals surface area contributed by atoms with Gasteiger partial charge in [0, 0.05) is 12.1 Å². The van der Waals surface area contributed by atoms with Crippen LogP contribution in [0.1, 0.15) is 45.2 Å². The van der Waals surface area contributed by atoms with Crippen LogP contribution in [0, 0.1) is 5.92 Å². The summed E-state index contributed by atoms with van der Waals surface area (Å²) in [5.74, 6) is -1.36. The van der Waals surface area contributed by atoms with Gasteiger partial charge in [0.15, 0.2) is 6.04 Å². The molecule has 8 heteroatoms. The van der Waals surface area contributed by atoms with Crippen molar-refractivity contribution in [3.05, 3.63) is 65.2 Å². The number of carboxylic acids is 1. The number of amides is 1. The highest BCUT2D eigenvalue weighted by Crippen LogP contribution is 2.31. The molecule has 3 heterocycles. The van der Waals surface area contributed by atoms with E-state index in [1.807, 2.05) is 0 Å². The van der Waals surface area contributed by atoms with Crippen LogP contribution in [0.3, 0.4) is 0 Å². The van der Waals surface area contributed by atoms with Crippen molar-refractivity contribution in [2.24, 2.45) is 5.92 Å². The summed E-state index contributed by atoms with van der Waals surface area (Å²) >= 11 is 0. The van der Waals surface area contributed by atoms with Crippen molar-refractivity contribution in [2.45, 2.75) is 25.0 Å². The molecule has 8 nitrogen and oxygen atoms in total. The maximum absolute atomic E-state index is 13.2. The van der Waals surface area contributed by atoms with Gasteiger partial charge in [0.1, 0.15) is 11.9 Å². The Bertz CT molecular complexity index is 1020. The highest BCUT2D eigenvalue weighted by Gasteiger charge is 2.38. The number of carbonyl (C=O) groups is 3. The normalized spacial score (nSPS) is 22.6. The highest BCUT2D eigenvalue weighted by molar-refractivity contribution is 5.99. The molecule has 0 aliphatic carbocycles. The van der Waals surface area contributed by atoms with Crippen molar-refractivity contribution < 1.29 is 29.0 Å². The Morgan fingerprint density at radius 1 is 1.06 bits per heavy atom. The molecule has 2 atom stereocenters. The lowest BCUT2D eigenvalue weighted by Gasteiger charge is -2.44. The summed E-state index contributed by atoms with van der Waals surface area (Å²) < 4.78 is 11.2. The number of piperidine rings is 3. The summed E-state index contributed by atoms with van der Waals surface area (Å²) in [5, 5.41) is 11.9. The number of fused-ring (bicyclic) bond motifs is 3. The molecule has 5 rings (SSSR count). The third-order valence-electron chi connectivity index (χ3n) is 6.17. The third kappa shape index (κ3) is 4.75. The van der Waals surface area contributed by atoms with Crippen LogP contribution in [0.15, 0.2) is 48.5 Å². The van der Waals surface area contributed by atoms with Crippen LogP contribution in [0.2, 0.25) is 0 Å². The lowest BCUT2D eigenvalue weighted by molar-refractivity contribution is -0.161. The first-order valence-corrected chi connectivity index (χ1v) is 10.7.